The van der Waals surface area contributed by atoms with Crippen molar-refractivity contribution < 1.29 is 4.39 Å². The molecule has 5 heteroatoms. The number of benzene rings is 1. The third-order valence-electron chi connectivity index (χ3n) is 2.63. The summed E-state index contributed by atoms with van der Waals surface area (Å²) in [6, 6.07) is 5.07. The largest absolute Gasteiger partial charge is 0.264 e. The van der Waals surface area contributed by atoms with E-state index in [1.807, 2.05) is 19.9 Å². The number of aromatic nitrogens is 2. The maximum Gasteiger partial charge on any atom is 0.129 e. The Bertz CT molecular complexity index is 564. The van der Waals surface area contributed by atoms with Crippen LogP contribution in [0.5, 0.6) is 0 Å². The highest BCUT2D eigenvalue weighted by molar-refractivity contribution is 9.10. The lowest BCUT2D eigenvalue weighted by Gasteiger charge is -2.06. The van der Waals surface area contributed by atoms with Crippen molar-refractivity contribution in [1.29, 1.82) is 0 Å². The maximum absolute atomic E-state index is 13.7. The monoisotopic (exact) mass is 360 g/mol. The zero-order valence-electron chi connectivity index (χ0n) is 9.47. The Morgan fingerprint density at radius 3 is 2.53 bits per heavy atom. The van der Waals surface area contributed by atoms with E-state index in [-0.39, 0.29) is 5.82 Å². The van der Waals surface area contributed by atoms with Crippen LogP contribution in [0.4, 0.5) is 4.39 Å². The Balaban J connectivity index is 2.34. The fourth-order valence-electron chi connectivity index (χ4n) is 1.64. The number of rotatable bonds is 2. The van der Waals surface area contributed by atoms with Gasteiger partial charge in [-0.25, -0.2) is 4.39 Å². The number of halogens is 3. The average Bonchev–Trinajstić information content (AvgIpc) is 2.50. The lowest BCUT2D eigenvalue weighted by Crippen LogP contribution is -2.05. The first kappa shape index (κ1) is 12.8. The minimum atomic E-state index is -0.219. The Labute approximate surface area is 116 Å². The summed E-state index contributed by atoms with van der Waals surface area (Å²) in [6.07, 6.45) is 0. The molecule has 0 unspecified atom stereocenters. The molecule has 2 rings (SSSR count). The second-order valence-electron chi connectivity index (χ2n) is 3.88. The van der Waals surface area contributed by atoms with Gasteiger partial charge in [-0.3, -0.25) is 4.68 Å². The molecular weight excluding hydrogens is 351 g/mol. The van der Waals surface area contributed by atoms with Gasteiger partial charge in [0, 0.05) is 10.0 Å². The molecular formula is C12H11Br2FN2. The lowest BCUT2D eigenvalue weighted by molar-refractivity contribution is 0.578. The molecule has 0 saturated heterocycles. The third-order valence-corrected chi connectivity index (χ3v) is 4.27. The summed E-state index contributed by atoms with van der Waals surface area (Å²) in [4.78, 5) is 0. The topological polar surface area (TPSA) is 17.8 Å². The highest BCUT2D eigenvalue weighted by Crippen LogP contribution is 2.22. The van der Waals surface area contributed by atoms with E-state index in [2.05, 4.69) is 37.0 Å². The highest BCUT2D eigenvalue weighted by Gasteiger charge is 2.11. The number of hydrogen-bond acceptors (Lipinski definition) is 1. The minimum absolute atomic E-state index is 0.219. The maximum atomic E-state index is 13.7. The summed E-state index contributed by atoms with van der Waals surface area (Å²) in [6.45, 7) is 4.32. The van der Waals surface area contributed by atoms with Crippen molar-refractivity contribution in [1.82, 2.24) is 9.78 Å². The molecule has 0 saturated carbocycles. The summed E-state index contributed by atoms with van der Waals surface area (Å²) in [7, 11) is 0. The van der Waals surface area contributed by atoms with Gasteiger partial charge in [-0.1, -0.05) is 22.0 Å². The van der Waals surface area contributed by atoms with E-state index in [1.54, 1.807) is 10.7 Å². The second-order valence-corrected chi connectivity index (χ2v) is 5.59. The van der Waals surface area contributed by atoms with Crippen LogP contribution in [-0.4, -0.2) is 9.78 Å². The van der Waals surface area contributed by atoms with Crippen LogP contribution in [0.15, 0.2) is 27.1 Å². The SMILES string of the molecule is Cc1nn(Cc2ccc(Br)cc2F)c(C)c1Br. The fourth-order valence-corrected chi connectivity index (χ4v) is 2.26. The highest BCUT2D eigenvalue weighted by atomic mass is 79.9. The van der Waals surface area contributed by atoms with Gasteiger partial charge in [-0.15, -0.1) is 0 Å². The molecule has 0 aliphatic carbocycles. The zero-order chi connectivity index (χ0) is 12.6. The molecule has 90 valence electrons. The van der Waals surface area contributed by atoms with Crippen molar-refractivity contribution in [3.05, 3.63) is 49.9 Å². The van der Waals surface area contributed by atoms with Gasteiger partial charge in [0.1, 0.15) is 5.82 Å². The van der Waals surface area contributed by atoms with Crippen molar-refractivity contribution in [2.75, 3.05) is 0 Å². The van der Waals surface area contributed by atoms with E-state index in [0.29, 0.717) is 12.1 Å². The predicted molar refractivity (Wildman–Crippen MR) is 72.6 cm³/mol. The first-order chi connectivity index (χ1) is 7.99. The molecule has 1 aromatic carbocycles. The molecule has 1 heterocycles. The molecule has 0 atom stereocenters. The summed E-state index contributed by atoms with van der Waals surface area (Å²) in [5.41, 5.74) is 2.55. The quantitative estimate of drug-likeness (QED) is 0.783. The van der Waals surface area contributed by atoms with Gasteiger partial charge in [0.15, 0.2) is 0 Å². The van der Waals surface area contributed by atoms with Crippen molar-refractivity contribution in [3.8, 4) is 0 Å². The van der Waals surface area contributed by atoms with Gasteiger partial charge in [-0.05, 0) is 41.9 Å². The van der Waals surface area contributed by atoms with Crippen molar-refractivity contribution in [3.63, 3.8) is 0 Å². The number of aryl methyl sites for hydroxylation is 1. The van der Waals surface area contributed by atoms with Gasteiger partial charge >= 0.3 is 0 Å². The minimum Gasteiger partial charge on any atom is -0.264 e. The molecule has 0 amide bonds. The van der Waals surface area contributed by atoms with Gasteiger partial charge < -0.3 is 0 Å². The van der Waals surface area contributed by atoms with E-state index in [4.69, 9.17) is 0 Å². The van der Waals surface area contributed by atoms with Crippen LogP contribution in [0, 0.1) is 19.7 Å². The molecule has 2 nitrogen and oxygen atoms in total. The summed E-state index contributed by atoms with van der Waals surface area (Å²) in [5, 5.41) is 4.36. The van der Waals surface area contributed by atoms with Crippen LogP contribution in [0.2, 0.25) is 0 Å². The van der Waals surface area contributed by atoms with E-state index < -0.39 is 0 Å². The van der Waals surface area contributed by atoms with Crippen LogP contribution >= 0.6 is 31.9 Å². The van der Waals surface area contributed by atoms with Crippen LogP contribution in [0.25, 0.3) is 0 Å². The molecule has 0 spiro atoms. The van der Waals surface area contributed by atoms with Crippen LogP contribution in [0.1, 0.15) is 17.0 Å². The van der Waals surface area contributed by atoms with E-state index >= 15 is 0 Å². The molecule has 0 bridgehead atoms. The first-order valence-corrected chi connectivity index (χ1v) is 6.71. The third kappa shape index (κ3) is 2.60. The summed E-state index contributed by atoms with van der Waals surface area (Å²) < 4.78 is 17.2. The molecule has 0 radical (unpaired) electrons. The predicted octanol–water partition coefficient (Wildman–Crippen LogP) is 4.21. The van der Waals surface area contributed by atoms with Crippen molar-refractivity contribution in [2.24, 2.45) is 0 Å². The molecule has 0 aliphatic heterocycles. The Morgan fingerprint density at radius 2 is 2.00 bits per heavy atom. The Kier molecular flexibility index (Phi) is 3.68. The summed E-state index contributed by atoms with van der Waals surface area (Å²) >= 11 is 6.70. The Morgan fingerprint density at radius 1 is 1.29 bits per heavy atom. The number of hydrogen-bond donors (Lipinski definition) is 0. The smallest absolute Gasteiger partial charge is 0.129 e. The molecule has 0 fully saturated rings. The van der Waals surface area contributed by atoms with E-state index in [9.17, 15) is 4.39 Å². The van der Waals surface area contributed by atoms with Crippen LogP contribution in [0.3, 0.4) is 0 Å². The van der Waals surface area contributed by atoms with Gasteiger partial charge in [-0.2, -0.15) is 5.10 Å². The van der Waals surface area contributed by atoms with E-state index in [1.165, 1.54) is 6.07 Å². The zero-order valence-corrected chi connectivity index (χ0v) is 12.6. The Hall–Kier alpha value is -0.680. The second kappa shape index (κ2) is 4.90. The van der Waals surface area contributed by atoms with Crippen LogP contribution in [-0.2, 0) is 6.54 Å². The van der Waals surface area contributed by atoms with Crippen molar-refractivity contribution >= 4 is 31.9 Å². The van der Waals surface area contributed by atoms with Gasteiger partial charge in [0.25, 0.3) is 0 Å². The van der Waals surface area contributed by atoms with Crippen LogP contribution < -0.4 is 0 Å². The normalized spacial score (nSPS) is 10.9. The van der Waals surface area contributed by atoms with Gasteiger partial charge in [0.05, 0.1) is 22.4 Å². The molecule has 0 aliphatic rings. The summed E-state index contributed by atoms with van der Waals surface area (Å²) in [5.74, 6) is -0.219. The van der Waals surface area contributed by atoms with Gasteiger partial charge in [0.2, 0.25) is 0 Å². The average molecular weight is 362 g/mol. The molecule has 2 aromatic rings. The molecule has 0 N–H and O–H groups in total. The molecule has 17 heavy (non-hydrogen) atoms. The standard InChI is InChI=1S/C12H11Br2FN2/c1-7-12(14)8(2)17(16-7)6-9-3-4-10(13)5-11(9)15/h3-5H,6H2,1-2H3. The van der Waals surface area contributed by atoms with Crippen molar-refractivity contribution in [2.45, 2.75) is 20.4 Å². The van der Waals surface area contributed by atoms with E-state index in [0.717, 1.165) is 20.3 Å². The lowest BCUT2D eigenvalue weighted by atomic mass is 10.2. The fraction of sp³-hybridized carbons (Fsp3) is 0.250. The first-order valence-electron chi connectivity index (χ1n) is 5.12. The molecule has 1 aromatic heterocycles. The number of nitrogens with zero attached hydrogens (tertiary/aromatic N) is 2.